The Hall–Kier alpha value is -1.40. The minimum atomic E-state index is -0.747. The maximum absolute atomic E-state index is 9.46. The molecule has 1 aromatic heterocycles. The second-order valence-corrected chi connectivity index (χ2v) is 4.63. The van der Waals surface area contributed by atoms with Crippen molar-refractivity contribution in [1.82, 2.24) is 9.97 Å². The molecule has 0 aliphatic heterocycles. The van der Waals surface area contributed by atoms with Crippen molar-refractivity contribution in [3.8, 4) is 0 Å². The van der Waals surface area contributed by atoms with Crippen LogP contribution in [0.15, 0.2) is 6.07 Å². The van der Waals surface area contributed by atoms with E-state index in [0.717, 1.165) is 24.5 Å². The van der Waals surface area contributed by atoms with Crippen LogP contribution in [0.4, 0.5) is 11.6 Å². The molecule has 1 heterocycles. The Morgan fingerprint density at radius 2 is 1.79 bits per heavy atom. The largest absolute Gasteiger partial charge is 0.394 e. The van der Waals surface area contributed by atoms with E-state index in [1.54, 1.807) is 13.1 Å². The summed E-state index contributed by atoms with van der Waals surface area (Å²) < 4.78 is 0. The Balaban J connectivity index is 3.01. The van der Waals surface area contributed by atoms with Gasteiger partial charge in [0.25, 0.3) is 0 Å². The van der Waals surface area contributed by atoms with Gasteiger partial charge in [-0.3, -0.25) is 0 Å². The summed E-state index contributed by atoms with van der Waals surface area (Å²) >= 11 is 0. The van der Waals surface area contributed by atoms with E-state index in [1.165, 1.54) is 0 Å². The maximum Gasteiger partial charge on any atom is 0.133 e. The van der Waals surface area contributed by atoms with Gasteiger partial charge in [-0.25, -0.2) is 9.97 Å². The van der Waals surface area contributed by atoms with Gasteiger partial charge in [-0.05, 0) is 12.8 Å². The smallest absolute Gasteiger partial charge is 0.133 e. The van der Waals surface area contributed by atoms with E-state index in [1.807, 2.05) is 6.92 Å². The molecule has 0 amide bonds. The molecule has 19 heavy (non-hydrogen) atoms. The van der Waals surface area contributed by atoms with Crippen molar-refractivity contribution >= 4 is 11.6 Å². The normalized spacial score (nSPS) is 11.4. The molecule has 1 aromatic rings. The van der Waals surface area contributed by atoms with Crippen LogP contribution in [0.2, 0.25) is 0 Å². The fraction of sp³-hybridized carbons (Fsp3) is 0.692. The number of aryl methyl sites for hydroxylation is 1. The molecule has 0 saturated heterocycles. The highest BCUT2D eigenvalue weighted by atomic mass is 16.3. The van der Waals surface area contributed by atoms with Crippen LogP contribution in [-0.2, 0) is 6.42 Å². The van der Waals surface area contributed by atoms with Crippen LogP contribution >= 0.6 is 0 Å². The van der Waals surface area contributed by atoms with Gasteiger partial charge in [0.05, 0.1) is 18.8 Å². The number of anilines is 2. The Kier molecular flexibility index (Phi) is 5.98. The van der Waals surface area contributed by atoms with Crippen LogP contribution in [0.25, 0.3) is 0 Å². The number of aliphatic hydroxyl groups excluding tert-OH is 2. The fourth-order valence-electron chi connectivity index (χ4n) is 1.74. The quantitative estimate of drug-likeness (QED) is 0.563. The van der Waals surface area contributed by atoms with Gasteiger partial charge in [0.1, 0.15) is 17.5 Å². The van der Waals surface area contributed by atoms with E-state index in [2.05, 4.69) is 27.5 Å². The van der Waals surface area contributed by atoms with Gasteiger partial charge in [0.15, 0.2) is 0 Å². The first-order chi connectivity index (χ1) is 9.12. The lowest BCUT2D eigenvalue weighted by Gasteiger charge is -2.30. The molecule has 0 aliphatic rings. The van der Waals surface area contributed by atoms with E-state index >= 15 is 0 Å². The molecule has 0 spiro atoms. The van der Waals surface area contributed by atoms with Crippen molar-refractivity contribution < 1.29 is 10.2 Å². The predicted octanol–water partition coefficient (Wildman–Crippen LogP) is 1.02. The number of rotatable bonds is 8. The molecule has 6 nitrogen and oxygen atoms in total. The number of hydrogen-bond donors (Lipinski definition) is 4. The number of nitrogens with one attached hydrogen (secondary N) is 2. The van der Waals surface area contributed by atoms with Crippen LogP contribution in [-0.4, -0.2) is 46.0 Å². The highest BCUT2D eigenvalue weighted by molar-refractivity contribution is 5.48. The minimum absolute atomic E-state index is 0.151. The lowest BCUT2D eigenvalue weighted by Crippen LogP contribution is -2.45. The first-order valence-electron chi connectivity index (χ1n) is 6.68. The van der Waals surface area contributed by atoms with Crippen molar-refractivity contribution in [2.75, 3.05) is 30.9 Å². The fourth-order valence-corrected chi connectivity index (χ4v) is 1.74. The molecule has 4 N–H and O–H groups in total. The van der Waals surface area contributed by atoms with Gasteiger partial charge in [-0.1, -0.05) is 13.8 Å². The highest BCUT2D eigenvalue weighted by Gasteiger charge is 2.27. The average Bonchev–Trinajstić information content (AvgIpc) is 2.45. The number of hydrogen-bond acceptors (Lipinski definition) is 6. The zero-order valence-corrected chi connectivity index (χ0v) is 11.9. The van der Waals surface area contributed by atoms with Crippen LogP contribution in [0, 0.1) is 0 Å². The van der Waals surface area contributed by atoms with E-state index in [4.69, 9.17) is 0 Å². The summed E-state index contributed by atoms with van der Waals surface area (Å²) in [6, 6.07) is 1.77. The van der Waals surface area contributed by atoms with E-state index < -0.39 is 5.54 Å². The van der Waals surface area contributed by atoms with Crippen molar-refractivity contribution in [3.05, 3.63) is 11.9 Å². The van der Waals surface area contributed by atoms with Gasteiger partial charge in [-0.2, -0.15) is 0 Å². The molecule has 108 valence electrons. The third-order valence-electron chi connectivity index (χ3n) is 3.18. The second kappa shape index (κ2) is 7.25. The standard InChI is InChI=1S/C13H24N4O2/c1-4-6-10-15-11(14-3)7-12(16-10)17-13(5-2,8-18)9-19/h7,18-19H,4-6,8-9H2,1-3H3,(H2,14,15,16,17). The summed E-state index contributed by atoms with van der Waals surface area (Å²) in [7, 11) is 1.80. The number of nitrogens with zero attached hydrogens (tertiary/aromatic N) is 2. The third kappa shape index (κ3) is 4.04. The molecule has 0 fully saturated rings. The van der Waals surface area contributed by atoms with Crippen LogP contribution in [0.3, 0.4) is 0 Å². The zero-order chi connectivity index (χ0) is 14.3. The summed E-state index contributed by atoms with van der Waals surface area (Å²) in [6.07, 6.45) is 2.36. The summed E-state index contributed by atoms with van der Waals surface area (Å²) in [5.41, 5.74) is -0.747. The van der Waals surface area contributed by atoms with Gasteiger partial charge in [-0.15, -0.1) is 0 Å². The minimum Gasteiger partial charge on any atom is -0.394 e. The highest BCUT2D eigenvalue weighted by Crippen LogP contribution is 2.19. The predicted molar refractivity (Wildman–Crippen MR) is 76.4 cm³/mol. The monoisotopic (exact) mass is 268 g/mol. The maximum atomic E-state index is 9.46. The summed E-state index contributed by atoms with van der Waals surface area (Å²) in [4.78, 5) is 8.78. The third-order valence-corrected chi connectivity index (χ3v) is 3.18. The summed E-state index contributed by atoms with van der Waals surface area (Å²) in [6.45, 7) is 3.68. The molecule has 0 radical (unpaired) electrons. The van der Waals surface area contributed by atoms with Gasteiger partial charge in [0, 0.05) is 19.5 Å². The number of aliphatic hydroxyl groups is 2. The zero-order valence-electron chi connectivity index (χ0n) is 11.9. The lowest BCUT2D eigenvalue weighted by atomic mass is 9.98. The molecular formula is C13H24N4O2. The molecule has 6 heteroatoms. The first-order valence-corrected chi connectivity index (χ1v) is 6.68. The van der Waals surface area contributed by atoms with Crippen molar-refractivity contribution in [1.29, 1.82) is 0 Å². The summed E-state index contributed by atoms with van der Waals surface area (Å²) in [5.74, 6) is 2.09. The lowest BCUT2D eigenvalue weighted by molar-refractivity contribution is 0.132. The van der Waals surface area contributed by atoms with E-state index in [9.17, 15) is 10.2 Å². The molecule has 1 rings (SSSR count). The second-order valence-electron chi connectivity index (χ2n) is 4.63. The SMILES string of the molecule is CCCc1nc(NC)cc(NC(CC)(CO)CO)n1. The van der Waals surface area contributed by atoms with Crippen LogP contribution < -0.4 is 10.6 Å². The van der Waals surface area contributed by atoms with Crippen LogP contribution in [0.5, 0.6) is 0 Å². The Labute approximate surface area is 114 Å². The van der Waals surface area contributed by atoms with Crippen molar-refractivity contribution in [2.24, 2.45) is 0 Å². The topological polar surface area (TPSA) is 90.3 Å². The molecule has 0 atom stereocenters. The first kappa shape index (κ1) is 15.7. The van der Waals surface area contributed by atoms with Gasteiger partial charge in [0.2, 0.25) is 0 Å². The van der Waals surface area contributed by atoms with E-state index in [0.29, 0.717) is 12.2 Å². The van der Waals surface area contributed by atoms with Crippen molar-refractivity contribution in [2.45, 2.75) is 38.6 Å². The van der Waals surface area contributed by atoms with Gasteiger partial charge >= 0.3 is 0 Å². The average molecular weight is 268 g/mol. The van der Waals surface area contributed by atoms with Crippen molar-refractivity contribution in [3.63, 3.8) is 0 Å². The molecule has 0 unspecified atom stereocenters. The molecule has 0 aliphatic carbocycles. The molecular weight excluding hydrogens is 244 g/mol. The Morgan fingerprint density at radius 1 is 1.16 bits per heavy atom. The molecule has 0 aromatic carbocycles. The Morgan fingerprint density at radius 3 is 2.26 bits per heavy atom. The number of aromatic nitrogens is 2. The molecule has 0 bridgehead atoms. The van der Waals surface area contributed by atoms with Crippen LogP contribution in [0.1, 0.15) is 32.5 Å². The van der Waals surface area contributed by atoms with Gasteiger partial charge < -0.3 is 20.8 Å². The summed E-state index contributed by atoms with van der Waals surface area (Å²) in [5, 5.41) is 25.0. The van der Waals surface area contributed by atoms with E-state index in [-0.39, 0.29) is 13.2 Å². The molecule has 0 saturated carbocycles. The Bertz CT molecular complexity index is 386.